The lowest BCUT2D eigenvalue weighted by molar-refractivity contribution is 0.0612. The molecule has 37 valence electrons. The summed E-state index contributed by atoms with van der Waals surface area (Å²) in [6, 6.07) is 0. The van der Waals surface area contributed by atoms with Crippen LogP contribution in [0.1, 0.15) is 20.3 Å². The molecule has 0 saturated heterocycles. The summed E-state index contributed by atoms with van der Waals surface area (Å²) in [5.41, 5.74) is 0. The molecule has 0 bridgehead atoms. The summed E-state index contributed by atoms with van der Waals surface area (Å²) in [5.74, 6) is 0. The van der Waals surface area contributed by atoms with Crippen molar-refractivity contribution in [3.05, 3.63) is 0 Å². The summed E-state index contributed by atoms with van der Waals surface area (Å²) in [6.45, 7) is 3.22. The van der Waals surface area contributed by atoms with Crippen molar-refractivity contribution in [3.63, 3.8) is 0 Å². The van der Waals surface area contributed by atoms with Crippen molar-refractivity contribution < 1.29 is 5.11 Å². The predicted octanol–water partition coefficient (Wildman–Crippen LogP) is 1.78. The molecule has 0 saturated carbocycles. The van der Waals surface area contributed by atoms with Crippen molar-refractivity contribution in [2.75, 3.05) is 0 Å². The van der Waals surface area contributed by atoms with Crippen molar-refractivity contribution in [2.24, 2.45) is 0 Å². The Bertz CT molecular complexity index is 37.3. The lowest BCUT2D eigenvalue weighted by Gasteiger charge is -2.04. The molecule has 1 radical (unpaired) electrons. The minimum absolute atomic E-state index is 0.481. The molecule has 1 nitrogen and oxygen atoms in total. The van der Waals surface area contributed by atoms with E-state index >= 15 is 0 Å². The van der Waals surface area contributed by atoms with E-state index in [-0.39, 0.29) is 0 Å². The van der Waals surface area contributed by atoms with Gasteiger partial charge in [-0.15, -0.1) is 0 Å². The zero-order valence-corrected chi connectivity index (χ0v) is 4.75. The molecule has 1 atom stereocenters. The second-order valence-electron chi connectivity index (χ2n) is 1.46. The molecule has 1 unspecified atom stereocenters. The molecule has 6 heavy (non-hydrogen) atoms. The van der Waals surface area contributed by atoms with Gasteiger partial charge in [0.25, 0.3) is 0 Å². The van der Waals surface area contributed by atoms with Gasteiger partial charge in [0.05, 0.1) is 0 Å². The summed E-state index contributed by atoms with van der Waals surface area (Å²) in [7, 11) is 0. The fourth-order valence-electron chi connectivity index (χ4n) is 0. The first kappa shape index (κ1) is 6.25. The topological polar surface area (TPSA) is 19.9 Å². The van der Waals surface area contributed by atoms with Crippen LogP contribution in [0.2, 0.25) is 0 Å². The largest absolute Gasteiger partial charge is 0.212 e. The van der Waals surface area contributed by atoms with Gasteiger partial charge in [-0.25, -0.2) is 5.11 Å². The Hall–Kier alpha value is 0.250. The van der Waals surface area contributed by atoms with Gasteiger partial charge in [0.2, 0.25) is 0 Å². The first-order chi connectivity index (χ1) is 2.56. The highest BCUT2D eigenvalue weighted by atomic mass is 35.5. The van der Waals surface area contributed by atoms with Crippen molar-refractivity contribution in [3.8, 4) is 0 Å². The number of rotatable bonds is 1. The maximum Gasteiger partial charge on any atom is 0.173 e. The van der Waals surface area contributed by atoms with Crippen LogP contribution >= 0.6 is 11.6 Å². The van der Waals surface area contributed by atoms with E-state index in [9.17, 15) is 5.11 Å². The fraction of sp³-hybridized carbons (Fsp3) is 1.00. The zero-order valence-electron chi connectivity index (χ0n) is 3.99. The van der Waals surface area contributed by atoms with E-state index in [0.717, 1.165) is 0 Å². The van der Waals surface area contributed by atoms with Crippen LogP contribution in [0, 0.1) is 0 Å². The van der Waals surface area contributed by atoms with E-state index in [2.05, 4.69) is 0 Å². The molecule has 0 aromatic carbocycles. The third kappa shape index (κ3) is 4.25. The molecule has 2 heteroatoms. The van der Waals surface area contributed by atoms with E-state index in [1.807, 2.05) is 0 Å². The number of hydrogen-bond acceptors (Lipinski definition) is 0. The van der Waals surface area contributed by atoms with Crippen molar-refractivity contribution in [2.45, 2.75) is 25.3 Å². The second-order valence-corrected chi connectivity index (χ2v) is 2.25. The predicted molar refractivity (Wildman–Crippen MR) is 25.2 cm³/mol. The fourth-order valence-corrected chi connectivity index (χ4v) is 0. The number of alkyl halides is 1. The van der Waals surface area contributed by atoms with E-state index in [1.165, 1.54) is 6.92 Å². The molecule has 0 aromatic heterocycles. The summed E-state index contributed by atoms with van der Waals surface area (Å²) in [6.07, 6.45) is 0.481. The Morgan fingerprint density at radius 2 is 2.00 bits per heavy atom. The normalized spacial score (nSPS) is 20.0. The van der Waals surface area contributed by atoms with Crippen LogP contribution in [0.5, 0.6) is 0 Å². The van der Waals surface area contributed by atoms with Gasteiger partial charge >= 0.3 is 0 Å². The molecule has 0 aliphatic carbocycles. The van der Waals surface area contributed by atoms with Crippen molar-refractivity contribution in [1.29, 1.82) is 0 Å². The number of halogens is 1. The Labute approximate surface area is 42.9 Å². The van der Waals surface area contributed by atoms with E-state index < -0.39 is 5.06 Å². The molecule has 0 rings (SSSR count). The Morgan fingerprint density at radius 1 is 1.83 bits per heavy atom. The first-order valence-electron chi connectivity index (χ1n) is 1.95. The van der Waals surface area contributed by atoms with E-state index in [0.29, 0.717) is 6.42 Å². The highest BCUT2D eigenvalue weighted by molar-refractivity contribution is 6.22. The van der Waals surface area contributed by atoms with Gasteiger partial charge < -0.3 is 0 Å². The molecule has 0 amide bonds. The first-order valence-corrected chi connectivity index (χ1v) is 2.33. The third-order valence-corrected chi connectivity index (χ3v) is 0.899. The van der Waals surface area contributed by atoms with Gasteiger partial charge in [0.15, 0.2) is 5.06 Å². The van der Waals surface area contributed by atoms with Crippen molar-refractivity contribution in [1.82, 2.24) is 0 Å². The van der Waals surface area contributed by atoms with Crippen LogP contribution < -0.4 is 0 Å². The Morgan fingerprint density at radius 3 is 2.00 bits per heavy atom. The number of hydrogen-bond donors (Lipinski definition) is 0. The van der Waals surface area contributed by atoms with Crippen LogP contribution in [0.4, 0.5) is 0 Å². The zero-order chi connectivity index (χ0) is 5.21. The standard InChI is InChI=1S/C4H8ClO/c1-3-4(2,5)6/h3H2,1-2H3. The van der Waals surface area contributed by atoms with E-state index in [4.69, 9.17) is 11.6 Å². The van der Waals surface area contributed by atoms with Gasteiger partial charge in [0.1, 0.15) is 0 Å². The lowest BCUT2D eigenvalue weighted by Crippen LogP contribution is -2.08. The summed E-state index contributed by atoms with van der Waals surface area (Å²) in [5, 5.41) is 9.00. The van der Waals surface area contributed by atoms with Gasteiger partial charge in [0, 0.05) is 0 Å². The Balaban J connectivity index is 3.17. The third-order valence-electron chi connectivity index (χ3n) is 0.632. The minimum Gasteiger partial charge on any atom is -0.212 e. The lowest BCUT2D eigenvalue weighted by atomic mass is 10.3. The molecule has 0 N–H and O–H groups in total. The molecular weight excluding hydrogens is 99.5 g/mol. The van der Waals surface area contributed by atoms with Crippen LogP contribution in [-0.2, 0) is 5.11 Å². The molecule has 0 aromatic rings. The van der Waals surface area contributed by atoms with Gasteiger partial charge in [-0.1, -0.05) is 18.5 Å². The van der Waals surface area contributed by atoms with Crippen LogP contribution in [0.25, 0.3) is 0 Å². The molecule has 0 spiro atoms. The average molecular weight is 108 g/mol. The van der Waals surface area contributed by atoms with Crippen LogP contribution in [0.15, 0.2) is 0 Å². The average Bonchev–Trinajstić information content (AvgIpc) is 1.35. The molecule has 0 aliphatic heterocycles. The van der Waals surface area contributed by atoms with Gasteiger partial charge in [-0.2, -0.15) is 0 Å². The Kier molecular flexibility index (Phi) is 1.88. The summed E-state index contributed by atoms with van der Waals surface area (Å²) in [4.78, 5) is 0. The van der Waals surface area contributed by atoms with Crippen LogP contribution in [0.3, 0.4) is 0 Å². The minimum atomic E-state index is -1.24. The monoisotopic (exact) mass is 107 g/mol. The van der Waals surface area contributed by atoms with Crippen LogP contribution in [-0.4, -0.2) is 5.06 Å². The van der Waals surface area contributed by atoms with Gasteiger partial charge in [-0.05, 0) is 13.3 Å². The highest BCUT2D eigenvalue weighted by Gasteiger charge is 2.12. The summed E-state index contributed by atoms with van der Waals surface area (Å²) >= 11 is 5.16. The smallest absolute Gasteiger partial charge is 0.173 e. The highest BCUT2D eigenvalue weighted by Crippen LogP contribution is 2.13. The maximum absolute atomic E-state index is 10.2. The second kappa shape index (κ2) is 1.80. The SMILES string of the molecule is CCC(C)([O])Cl. The van der Waals surface area contributed by atoms with Gasteiger partial charge in [-0.3, -0.25) is 0 Å². The van der Waals surface area contributed by atoms with E-state index in [1.54, 1.807) is 6.92 Å². The maximum atomic E-state index is 10.2. The summed E-state index contributed by atoms with van der Waals surface area (Å²) < 4.78 is 0. The molecule has 0 fully saturated rings. The quantitative estimate of drug-likeness (QED) is 0.456. The van der Waals surface area contributed by atoms with Crippen molar-refractivity contribution >= 4 is 11.6 Å². The molecule has 0 heterocycles. The molecular formula is C4H8ClO. The molecule has 0 aliphatic rings.